The number of urea groups is 1. The smallest absolute Gasteiger partial charge is 0.417 e. The molecule has 0 aromatic heterocycles. The Labute approximate surface area is 251 Å². The zero-order valence-corrected chi connectivity index (χ0v) is 24.7. The fraction of sp³-hybridized carbons (Fsp3) is 0.290. The maximum absolute atomic E-state index is 13.6. The van der Waals surface area contributed by atoms with Crippen LogP contribution in [0.15, 0.2) is 60.7 Å². The number of hydrogen-bond donors (Lipinski definition) is 1. The first-order valence-electron chi connectivity index (χ1n) is 13.1. The van der Waals surface area contributed by atoms with E-state index in [-0.39, 0.29) is 12.2 Å². The summed E-state index contributed by atoms with van der Waals surface area (Å²) in [6.07, 6.45) is -4.86. The summed E-state index contributed by atoms with van der Waals surface area (Å²) in [6.45, 7) is 8.21. The van der Waals surface area contributed by atoms with Crippen molar-refractivity contribution >= 4 is 46.6 Å². The molecule has 0 spiro atoms. The van der Waals surface area contributed by atoms with Crippen LogP contribution in [0.2, 0.25) is 5.02 Å². The van der Waals surface area contributed by atoms with Gasteiger partial charge in [-0.15, -0.1) is 0 Å². The Hall–Kier alpha value is -4.56. The van der Waals surface area contributed by atoms with Gasteiger partial charge < -0.3 is 15.0 Å². The van der Waals surface area contributed by atoms with Crippen molar-refractivity contribution < 1.29 is 32.3 Å². The number of halogens is 4. The molecule has 224 valence electrons. The number of carbonyl (C=O) groups is 3. The molecule has 0 unspecified atom stereocenters. The zero-order chi connectivity index (χ0) is 31.9. The molecule has 3 amide bonds. The summed E-state index contributed by atoms with van der Waals surface area (Å²) in [4.78, 5) is 41.3. The van der Waals surface area contributed by atoms with Crippen LogP contribution in [0, 0.1) is 11.3 Å². The number of anilines is 3. The number of benzene rings is 3. The minimum Gasteiger partial charge on any atom is -0.456 e. The lowest BCUT2D eigenvalue weighted by atomic mass is 10.0. The lowest BCUT2D eigenvalue weighted by molar-refractivity contribution is -0.137. The molecule has 1 heterocycles. The Morgan fingerprint density at radius 3 is 2.26 bits per heavy atom. The number of hydrogen-bond acceptors (Lipinski definition) is 6. The quantitative estimate of drug-likeness (QED) is 0.226. The van der Waals surface area contributed by atoms with Crippen LogP contribution < -0.4 is 10.2 Å². The number of imide groups is 1. The average molecular weight is 613 g/mol. The second kappa shape index (κ2) is 11.3. The van der Waals surface area contributed by atoms with E-state index in [0.29, 0.717) is 38.5 Å². The monoisotopic (exact) mass is 612 g/mol. The minimum absolute atomic E-state index is 0.0913. The number of carbonyl (C=O) groups excluding carboxylic acids is 3. The summed E-state index contributed by atoms with van der Waals surface area (Å²) in [5.74, 6) is -1.20. The van der Waals surface area contributed by atoms with Gasteiger partial charge in [-0.3, -0.25) is 4.79 Å². The summed E-state index contributed by atoms with van der Waals surface area (Å²) in [5.41, 5.74) is -2.22. The van der Waals surface area contributed by atoms with Crippen LogP contribution in [0.3, 0.4) is 0 Å². The van der Waals surface area contributed by atoms with Gasteiger partial charge in [-0.05, 0) is 94.8 Å². The number of rotatable bonds is 6. The van der Waals surface area contributed by atoms with Gasteiger partial charge in [0, 0.05) is 16.4 Å². The first-order valence-corrected chi connectivity index (χ1v) is 13.5. The van der Waals surface area contributed by atoms with Gasteiger partial charge in [0.05, 0.1) is 35.0 Å². The Morgan fingerprint density at radius 1 is 1.02 bits per heavy atom. The van der Waals surface area contributed by atoms with Crippen molar-refractivity contribution in [3.05, 3.63) is 87.9 Å². The van der Waals surface area contributed by atoms with Gasteiger partial charge in [-0.2, -0.15) is 18.4 Å². The van der Waals surface area contributed by atoms with Crippen LogP contribution in [-0.2, 0) is 22.3 Å². The van der Waals surface area contributed by atoms with Crippen LogP contribution in [0.1, 0.15) is 61.7 Å². The van der Waals surface area contributed by atoms with Crippen molar-refractivity contribution in [3.63, 3.8) is 0 Å². The maximum Gasteiger partial charge on any atom is 0.417 e. The molecule has 1 aliphatic rings. The minimum atomic E-state index is -4.86. The van der Waals surface area contributed by atoms with Crippen LogP contribution in [0.5, 0.6) is 0 Å². The Kier molecular flexibility index (Phi) is 8.22. The molecule has 8 nitrogen and oxygen atoms in total. The topological polar surface area (TPSA) is 103 Å². The second-order valence-electron chi connectivity index (χ2n) is 11.4. The molecule has 1 fully saturated rings. The average Bonchev–Trinajstić information content (AvgIpc) is 3.07. The van der Waals surface area contributed by atoms with Crippen molar-refractivity contribution in [2.45, 2.75) is 58.5 Å². The number of nitrogens with zero attached hydrogens (tertiary/aromatic N) is 3. The van der Waals surface area contributed by atoms with Crippen LogP contribution in [-0.4, -0.2) is 33.9 Å². The third kappa shape index (κ3) is 6.60. The van der Waals surface area contributed by atoms with Gasteiger partial charge >= 0.3 is 18.2 Å². The molecule has 1 N–H and O–H groups in total. The fourth-order valence-corrected chi connectivity index (χ4v) is 4.66. The Balaban J connectivity index is 1.62. The Bertz CT molecular complexity index is 1640. The first-order chi connectivity index (χ1) is 19.9. The van der Waals surface area contributed by atoms with Crippen LogP contribution >= 0.6 is 11.6 Å². The fourth-order valence-electron chi connectivity index (χ4n) is 4.49. The largest absolute Gasteiger partial charge is 0.456 e. The van der Waals surface area contributed by atoms with Gasteiger partial charge in [0.1, 0.15) is 11.1 Å². The number of amides is 3. The number of esters is 1. The van der Waals surface area contributed by atoms with E-state index in [9.17, 15) is 27.6 Å². The number of ether oxygens (including phenoxy) is 1. The molecule has 0 atom stereocenters. The van der Waals surface area contributed by atoms with E-state index in [4.69, 9.17) is 21.6 Å². The SMILES string of the molecule is CC(C)(C)OC(=O)c1ccc(Nc2cc(Cl)ccc2CN2C(=O)N(c3ccc(C#N)c(C(F)(F)F)c3)C(=O)C2(C)C)cc1. The number of alkyl halides is 3. The van der Waals surface area contributed by atoms with E-state index < -0.39 is 46.4 Å². The Morgan fingerprint density at radius 2 is 1.67 bits per heavy atom. The van der Waals surface area contributed by atoms with Crippen molar-refractivity contribution in [2.24, 2.45) is 0 Å². The van der Waals surface area contributed by atoms with E-state index in [2.05, 4.69) is 5.32 Å². The normalized spacial score (nSPS) is 15.0. The highest BCUT2D eigenvalue weighted by molar-refractivity contribution is 6.31. The van der Waals surface area contributed by atoms with Gasteiger partial charge in [-0.1, -0.05) is 17.7 Å². The summed E-state index contributed by atoms with van der Waals surface area (Å²) in [7, 11) is 0. The predicted molar refractivity (Wildman–Crippen MR) is 155 cm³/mol. The van der Waals surface area contributed by atoms with Crippen LogP contribution in [0.25, 0.3) is 0 Å². The summed E-state index contributed by atoms with van der Waals surface area (Å²) in [5, 5.41) is 12.7. The first kappa shape index (κ1) is 31.4. The lowest BCUT2D eigenvalue weighted by Crippen LogP contribution is -2.43. The molecule has 0 aliphatic carbocycles. The summed E-state index contributed by atoms with van der Waals surface area (Å²) < 4.78 is 46.2. The van der Waals surface area contributed by atoms with E-state index in [1.54, 1.807) is 63.2 Å². The van der Waals surface area contributed by atoms with E-state index >= 15 is 0 Å². The highest BCUT2D eigenvalue weighted by Gasteiger charge is 2.52. The molecule has 1 saturated heterocycles. The van der Waals surface area contributed by atoms with E-state index in [1.165, 1.54) is 24.8 Å². The van der Waals surface area contributed by atoms with E-state index in [0.717, 1.165) is 12.1 Å². The zero-order valence-electron chi connectivity index (χ0n) is 24.0. The number of nitriles is 1. The highest BCUT2D eigenvalue weighted by atomic mass is 35.5. The molecule has 4 rings (SSSR count). The molecule has 3 aromatic carbocycles. The molecule has 0 radical (unpaired) electrons. The second-order valence-corrected chi connectivity index (χ2v) is 11.8. The standard InChI is InChI=1S/C31H28ClF3N4O4/c1-29(2,3)43-26(40)18-7-11-22(12-8-18)37-25-14-21(32)10-6-20(25)17-38-28(42)39(27(41)30(38,4)5)23-13-9-19(16-36)24(15-23)31(33,34)35/h6-15,37H,17H2,1-5H3. The maximum atomic E-state index is 13.6. The molecule has 43 heavy (non-hydrogen) atoms. The van der Waals surface area contributed by atoms with Gasteiger partial charge in [0.2, 0.25) is 0 Å². The highest BCUT2D eigenvalue weighted by Crippen LogP contribution is 2.39. The summed E-state index contributed by atoms with van der Waals surface area (Å²) >= 11 is 6.26. The lowest BCUT2D eigenvalue weighted by Gasteiger charge is -2.28. The molecule has 3 aromatic rings. The van der Waals surface area contributed by atoms with Gasteiger partial charge in [0.15, 0.2) is 0 Å². The van der Waals surface area contributed by atoms with E-state index in [1.807, 2.05) is 0 Å². The van der Waals surface area contributed by atoms with Crippen LogP contribution in [0.4, 0.5) is 35.0 Å². The van der Waals surface area contributed by atoms with Gasteiger partial charge in [0.25, 0.3) is 5.91 Å². The molecule has 12 heteroatoms. The van der Waals surface area contributed by atoms with Crippen molar-refractivity contribution in [3.8, 4) is 6.07 Å². The molecule has 0 bridgehead atoms. The van der Waals surface area contributed by atoms with Crippen molar-refractivity contribution in [1.82, 2.24) is 4.90 Å². The third-order valence-corrected chi connectivity index (χ3v) is 6.94. The molecule has 0 saturated carbocycles. The predicted octanol–water partition coefficient (Wildman–Crippen LogP) is 7.68. The molecular formula is C31H28ClF3N4O4. The third-order valence-electron chi connectivity index (χ3n) is 6.71. The van der Waals surface area contributed by atoms with Gasteiger partial charge in [-0.25, -0.2) is 14.5 Å². The molecular weight excluding hydrogens is 585 g/mol. The van der Waals surface area contributed by atoms with Crippen molar-refractivity contribution in [2.75, 3.05) is 10.2 Å². The number of nitrogens with one attached hydrogen (secondary N) is 1. The summed E-state index contributed by atoms with van der Waals surface area (Å²) in [6, 6.07) is 14.8. The molecule has 1 aliphatic heterocycles. The van der Waals surface area contributed by atoms with Crippen molar-refractivity contribution in [1.29, 1.82) is 5.26 Å².